The fourth-order valence-corrected chi connectivity index (χ4v) is 2.55. The molecule has 0 heterocycles. The van der Waals surface area contributed by atoms with Gasteiger partial charge in [-0.2, -0.15) is 0 Å². The Bertz CT molecular complexity index is 714. The fraction of sp³-hybridized carbons (Fsp3) is 0.350. The van der Waals surface area contributed by atoms with Crippen LogP contribution >= 0.6 is 0 Å². The van der Waals surface area contributed by atoms with Crippen molar-refractivity contribution >= 4 is 5.96 Å². The number of benzene rings is 2. The van der Waals surface area contributed by atoms with E-state index >= 15 is 0 Å². The average Bonchev–Trinajstić information content (AvgIpc) is 2.64. The predicted molar refractivity (Wildman–Crippen MR) is 102 cm³/mol. The Morgan fingerprint density at radius 2 is 1.84 bits per heavy atom. The second-order valence-corrected chi connectivity index (χ2v) is 5.79. The normalized spacial score (nSPS) is 11.3. The second kappa shape index (κ2) is 9.69. The molecule has 5 heteroatoms. The third-order valence-corrected chi connectivity index (χ3v) is 3.93. The van der Waals surface area contributed by atoms with Gasteiger partial charge in [-0.25, -0.2) is 4.99 Å². The Morgan fingerprint density at radius 1 is 1.08 bits per heavy atom. The smallest absolute Gasteiger partial charge is 0.191 e. The van der Waals surface area contributed by atoms with Crippen molar-refractivity contribution in [2.75, 3.05) is 13.7 Å². The molecule has 2 rings (SSSR count). The van der Waals surface area contributed by atoms with Gasteiger partial charge in [0.1, 0.15) is 5.75 Å². The van der Waals surface area contributed by atoms with Crippen molar-refractivity contribution < 1.29 is 9.84 Å². The first-order valence-corrected chi connectivity index (χ1v) is 8.51. The Hall–Kier alpha value is -2.53. The summed E-state index contributed by atoms with van der Waals surface area (Å²) in [5.74, 6) is 1.59. The molecule has 0 aliphatic heterocycles. The molecule has 0 fully saturated rings. The van der Waals surface area contributed by atoms with Crippen molar-refractivity contribution in [1.29, 1.82) is 0 Å². The molecular formula is C20H27N3O2. The molecule has 134 valence electrons. The van der Waals surface area contributed by atoms with Crippen LogP contribution in [-0.2, 0) is 19.7 Å². The third kappa shape index (κ3) is 5.50. The number of nitrogens with one attached hydrogen (secondary N) is 2. The van der Waals surface area contributed by atoms with Crippen LogP contribution in [0.2, 0.25) is 0 Å². The van der Waals surface area contributed by atoms with Gasteiger partial charge in [-0.1, -0.05) is 36.4 Å². The van der Waals surface area contributed by atoms with Gasteiger partial charge >= 0.3 is 0 Å². The number of guanidine groups is 1. The summed E-state index contributed by atoms with van der Waals surface area (Å²) in [5.41, 5.74) is 4.19. The molecule has 0 radical (unpaired) electrons. The minimum absolute atomic E-state index is 0.0338. The number of hydrogen-bond donors (Lipinski definition) is 3. The van der Waals surface area contributed by atoms with Gasteiger partial charge in [-0.05, 0) is 36.6 Å². The highest BCUT2D eigenvalue weighted by Crippen LogP contribution is 2.20. The van der Waals surface area contributed by atoms with Crippen LogP contribution in [0, 0.1) is 6.92 Å². The van der Waals surface area contributed by atoms with Gasteiger partial charge in [0.25, 0.3) is 0 Å². The summed E-state index contributed by atoms with van der Waals surface area (Å²) in [5, 5.41) is 16.0. The molecule has 2 aromatic carbocycles. The van der Waals surface area contributed by atoms with E-state index < -0.39 is 0 Å². The summed E-state index contributed by atoms with van der Waals surface area (Å²) >= 11 is 0. The first kappa shape index (κ1) is 18.8. The summed E-state index contributed by atoms with van der Waals surface area (Å²) in [4.78, 5) is 4.64. The standard InChI is InChI=1S/C20H27N3O2/c1-4-21-20(22-12-16-7-5-6-8-18(16)14-24)23-13-17-10-9-15(2)11-19(17)25-3/h5-11,24H,4,12-14H2,1-3H3,(H2,21,22,23). The number of ether oxygens (including phenoxy) is 1. The highest BCUT2D eigenvalue weighted by atomic mass is 16.5. The molecule has 3 N–H and O–H groups in total. The Balaban J connectivity index is 2.08. The van der Waals surface area contributed by atoms with E-state index in [1.165, 1.54) is 0 Å². The molecule has 0 aliphatic rings. The molecule has 0 atom stereocenters. The van der Waals surface area contributed by atoms with Crippen LogP contribution in [0.4, 0.5) is 0 Å². The number of aryl methyl sites for hydroxylation is 1. The monoisotopic (exact) mass is 341 g/mol. The highest BCUT2D eigenvalue weighted by molar-refractivity contribution is 5.79. The molecular weight excluding hydrogens is 314 g/mol. The quantitative estimate of drug-likeness (QED) is 0.535. The van der Waals surface area contributed by atoms with Crippen molar-refractivity contribution in [3.05, 3.63) is 64.7 Å². The van der Waals surface area contributed by atoms with Crippen molar-refractivity contribution in [2.45, 2.75) is 33.5 Å². The zero-order chi connectivity index (χ0) is 18.1. The average molecular weight is 341 g/mol. The molecule has 0 amide bonds. The number of methoxy groups -OCH3 is 1. The van der Waals surface area contributed by atoms with E-state index in [4.69, 9.17) is 4.74 Å². The van der Waals surface area contributed by atoms with Gasteiger partial charge in [0.05, 0.1) is 20.3 Å². The minimum atomic E-state index is 0.0338. The highest BCUT2D eigenvalue weighted by Gasteiger charge is 2.05. The zero-order valence-corrected chi connectivity index (χ0v) is 15.2. The molecule has 0 aliphatic carbocycles. The van der Waals surface area contributed by atoms with Gasteiger partial charge in [0, 0.05) is 18.7 Å². The lowest BCUT2D eigenvalue weighted by molar-refractivity contribution is 0.280. The first-order valence-electron chi connectivity index (χ1n) is 8.51. The molecule has 0 unspecified atom stereocenters. The SMILES string of the molecule is CCNC(=NCc1ccc(C)cc1OC)NCc1ccccc1CO. The molecule has 25 heavy (non-hydrogen) atoms. The Morgan fingerprint density at radius 3 is 2.52 bits per heavy atom. The third-order valence-electron chi connectivity index (χ3n) is 3.93. The lowest BCUT2D eigenvalue weighted by Gasteiger charge is -2.14. The summed E-state index contributed by atoms with van der Waals surface area (Å²) in [6, 6.07) is 14.0. The Kier molecular flexibility index (Phi) is 7.29. The van der Waals surface area contributed by atoms with Gasteiger partial charge in [0.15, 0.2) is 5.96 Å². The molecule has 0 bridgehead atoms. The van der Waals surface area contributed by atoms with E-state index in [9.17, 15) is 5.11 Å². The van der Waals surface area contributed by atoms with Gasteiger partial charge in [-0.15, -0.1) is 0 Å². The van der Waals surface area contributed by atoms with E-state index in [1.807, 2.05) is 50.2 Å². The van der Waals surface area contributed by atoms with Crippen LogP contribution in [0.3, 0.4) is 0 Å². The van der Waals surface area contributed by atoms with Gasteiger partial charge in [0.2, 0.25) is 0 Å². The number of aliphatic hydroxyl groups excluding tert-OH is 1. The number of rotatable bonds is 7. The van der Waals surface area contributed by atoms with Crippen molar-refractivity contribution in [1.82, 2.24) is 10.6 Å². The van der Waals surface area contributed by atoms with E-state index in [1.54, 1.807) is 7.11 Å². The lowest BCUT2D eigenvalue weighted by Crippen LogP contribution is -2.37. The molecule has 0 aromatic heterocycles. The summed E-state index contributed by atoms with van der Waals surface area (Å²) in [7, 11) is 1.68. The molecule has 0 saturated heterocycles. The zero-order valence-electron chi connectivity index (χ0n) is 15.2. The van der Waals surface area contributed by atoms with Crippen LogP contribution in [0.15, 0.2) is 47.5 Å². The predicted octanol–water partition coefficient (Wildman–Crippen LogP) is 2.75. The van der Waals surface area contributed by atoms with Crippen molar-refractivity contribution in [2.24, 2.45) is 4.99 Å². The topological polar surface area (TPSA) is 65.9 Å². The number of hydrogen-bond acceptors (Lipinski definition) is 3. The maximum absolute atomic E-state index is 9.43. The molecule has 0 spiro atoms. The largest absolute Gasteiger partial charge is 0.496 e. The maximum atomic E-state index is 9.43. The van der Waals surface area contributed by atoms with E-state index in [0.29, 0.717) is 13.1 Å². The molecule has 5 nitrogen and oxygen atoms in total. The second-order valence-electron chi connectivity index (χ2n) is 5.79. The van der Waals surface area contributed by atoms with Crippen molar-refractivity contribution in [3.8, 4) is 5.75 Å². The van der Waals surface area contributed by atoms with Gasteiger partial charge < -0.3 is 20.5 Å². The Labute approximate surface area is 149 Å². The van der Waals surface area contributed by atoms with Crippen LogP contribution in [0.25, 0.3) is 0 Å². The first-order chi connectivity index (χ1) is 12.2. The summed E-state index contributed by atoms with van der Waals surface area (Å²) < 4.78 is 5.44. The van der Waals surface area contributed by atoms with Crippen LogP contribution in [0.1, 0.15) is 29.2 Å². The van der Waals surface area contributed by atoms with Crippen LogP contribution in [-0.4, -0.2) is 24.7 Å². The maximum Gasteiger partial charge on any atom is 0.191 e. The van der Waals surface area contributed by atoms with Crippen LogP contribution in [0.5, 0.6) is 5.75 Å². The molecule has 0 saturated carbocycles. The fourth-order valence-electron chi connectivity index (χ4n) is 2.55. The number of nitrogens with zero attached hydrogens (tertiary/aromatic N) is 1. The van der Waals surface area contributed by atoms with Crippen LogP contribution < -0.4 is 15.4 Å². The summed E-state index contributed by atoms with van der Waals surface area (Å²) in [6.07, 6.45) is 0. The lowest BCUT2D eigenvalue weighted by atomic mass is 10.1. The van der Waals surface area contributed by atoms with Gasteiger partial charge in [-0.3, -0.25) is 0 Å². The number of aliphatic hydroxyl groups is 1. The van der Waals surface area contributed by atoms with Crippen molar-refractivity contribution in [3.63, 3.8) is 0 Å². The molecule has 2 aromatic rings. The number of aliphatic imine (C=N–C) groups is 1. The van der Waals surface area contributed by atoms with E-state index in [-0.39, 0.29) is 6.61 Å². The van der Waals surface area contributed by atoms with E-state index in [2.05, 4.69) is 21.7 Å². The van der Waals surface area contributed by atoms with E-state index in [0.717, 1.165) is 40.5 Å². The summed E-state index contributed by atoms with van der Waals surface area (Å²) in [6.45, 7) is 6.02. The minimum Gasteiger partial charge on any atom is -0.496 e.